The molecule has 1 aliphatic rings. The number of piperazine rings is 1. The van der Waals surface area contributed by atoms with Crippen molar-refractivity contribution >= 4 is 0 Å². The van der Waals surface area contributed by atoms with E-state index in [4.69, 9.17) is 0 Å². The molecule has 0 aliphatic carbocycles. The van der Waals surface area contributed by atoms with Gasteiger partial charge < -0.3 is 4.90 Å². The number of hydrogen-bond donors (Lipinski definition) is 0. The Morgan fingerprint density at radius 1 is 1.13 bits per heavy atom. The Labute approximate surface area is 94.9 Å². The summed E-state index contributed by atoms with van der Waals surface area (Å²) in [5.74, 6) is 0. The van der Waals surface area contributed by atoms with Gasteiger partial charge in [0.15, 0.2) is 0 Å². The second-order valence-corrected chi connectivity index (χ2v) is 5.87. The standard InChI is InChI=1S/C13H26N2/c1-12(2)15-10-8-14(9-11-15)7-6-13(3,4)5/h1,6-11H2,2-5H3. The van der Waals surface area contributed by atoms with E-state index in [1.807, 2.05) is 0 Å². The highest BCUT2D eigenvalue weighted by atomic mass is 15.3. The molecule has 0 atom stereocenters. The van der Waals surface area contributed by atoms with E-state index in [-0.39, 0.29) is 0 Å². The second-order valence-electron chi connectivity index (χ2n) is 5.87. The zero-order valence-electron chi connectivity index (χ0n) is 10.8. The first-order valence-corrected chi connectivity index (χ1v) is 6.01. The van der Waals surface area contributed by atoms with Crippen LogP contribution >= 0.6 is 0 Å². The van der Waals surface area contributed by atoms with Crippen LogP contribution in [0.1, 0.15) is 34.1 Å². The summed E-state index contributed by atoms with van der Waals surface area (Å²) in [6, 6.07) is 0. The molecule has 1 fully saturated rings. The van der Waals surface area contributed by atoms with Crippen molar-refractivity contribution in [2.45, 2.75) is 34.1 Å². The fourth-order valence-electron chi connectivity index (χ4n) is 1.85. The van der Waals surface area contributed by atoms with E-state index in [1.165, 1.54) is 31.8 Å². The molecule has 15 heavy (non-hydrogen) atoms. The smallest absolute Gasteiger partial charge is 0.0303 e. The number of hydrogen-bond acceptors (Lipinski definition) is 2. The normalized spacial score (nSPS) is 19.3. The molecule has 0 unspecified atom stereocenters. The Morgan fingerprint density at radius 3 is 2.07 bits per heavy atom. The molecule has 0 spiro atoms. The summed E-state index contributed by atoms with van der Waals surface area (Å²) in [6.07, 6.45) is 1.29. The first kappa shape index (κ1) is 12.6. The van der Waals surface area contributed by atoms with Gasteiger partial charge in [-0.2, -0.15) is 0 Å². The van der Waals surface area contributed by atoms with Crippen LogP contribution in [-0.2, 0) is 0 Å². The van der Waals surface area contributed by atoms with Crippen LogP contribution < -0.4 is 0 Å². The predicted molar refractivity (Wildman–Crippen MR) is 66.9 cm³/mol. The second kappa shape index (κ2) is 5.02. The van der Waals surface area contributed by atoms with Gasteiger partial charge in [0.1, 0.15) is 0 Å². The molecular weight excluding hydrogens is 184 g/mol. The summed E-state index contributed by atoms with van der Waals surface area (Å²) in [5.41, 5.74) is 1.68. The minimum Gasteiger partial charge on any atom is -0.373 e. The zero-order valence-corrected chi connectivity index (χ0v) is 10.8. The van der Waals surface area contributed by atoms with Crippen molar-refractivity contribution in [3.8, 4) is 0 Å². The molecule has 1 heterocycles. The van der Waals surface area contributed by atoms with Gasteiger partial charge in [-0.05, 0) is 25.3 Å². The van der Waals surface area contributed by atoms with Gasteiger partial charge in [-0.1, -0.05) is 27.4 Å². The fraction of sp³-hybridized carbons (Fsp3) is 0.846. The van der Waals surface area contributed by atoms with Crippen molar-refractivity contribution in [1.29, 1.82) is 0 Å². The Hall–Kier alpha value is -0.500. The zero-order chi connectivity index (χ0) is 11.5. The van der Waals surface area contributed by atoms with Crippen LogP contribution in [0, 0.1) is 5.41 Å². The minimum absolute atomic E-state index is 0.464. The minimum atomic E-state index is 0.464. The lowest BCUT2D eigenvalue weighted by Crippen LogP contribution is -2.45. The van der Waals surface area contributed by atoms with Gasteiger partial charge in [0.25, 0.3) is 0 Å². The lowest BCUT2D eigenvalue weighted by atomic mass is 9.92. The quantitative estimate of drug-likeness (QED) is 0.706. The largest absolute Gasteiger partial charge is 0.373 e. The number of rotatable bonds is 3. The van der Waals surface area contributed by atoms with Crippen molar-refractivity contribution in [1.82, 2.24) is 9.80 Å². The number of allylic oxidation sites excluding steroid dienone is 1. The van der Waals surface area contributed by atoms with Crippen LogP contribution in [0.3, 0.4) is 0 Å². The monoisotopic (exact) mass is 210 g/mol. The van der Waals surface area contributed by atoms with Gasteiger partial charge in [-0.25, -0.2) is 0 Å². The molecule has 2 nitrogen and oxygen atoms in total. The maximum atomic E-state index is 4.00. The third kappa shape index (κ3) is 4.70. The van der Waals surface area contributed by atoms with E-state index in [0.717, 1.165) is 13.1 Å². The van der Waals surface area contributed by atoms with E-state index in [9.17, 15) is 0 Å². The highest BCUT2D eigenvalue weighted by Crippen LogP contribution is 2.19. The van der Waals surface area contributed by atoms with Gasteiger partial charge in [0.05, 0.1) is 0 Å². The molecule has 0 aromatic carbocycles. The highest BCUT2D eigenvalue weighted by molar-refractivity contribution is 4.91. The van der Waals surface area contributed by atoms with E-state index < -0.39 is 0 Å². The van der Waals surface area contributed by atoms with Crippen LogP contribution in [0.5, 0.6) is 0 Å². The Kier molecular flexibility index (Phi) is 4.21. The maximum absolute atomic E-state index is 4.00. The summed E-state index contributed by atoms with van der Waals surface area (Å²) in [5, 5.41) is 0. The third-order valence-corrected chi connectivity index (χ3v) is 3.09. The molecule has 0 bridgehead atoms. The van der Waals surface area contributed by atoms with E-state index in [2.05, 4.69) is 44.1 Å². The third-order valence-electron chi connectivity index (χ3n) is 3.09. The maximum Gasteiger partial charge on any atom is 0.0303 e. The molecule has 0 N–H and O–H groups in total. The van der Waals surface area contributed by atoms with Gasteiger partial charge in [0.2, 0.25) is 0 Å². The van der Waals surface area contributed by atoms with Crippen LogP contribution in [-0.4, -0.2) is 42.5 Å². The van der Waals surface area contributed by atoms with Crippen LogP contribution in [0.4, 0.5) is 0 Å². The Bertz CT molecular complexity index is 207. The molecule has 0 amide bonds. The van der Waals surface area contributed by atoms with Gasteiger partial charge >= 0.3 is 0 Å². The lowest BCUT2D eigenvalue weighted by Gasteiger charge is -2.37. The van der Waals surface area contributed by atoms with Gasteiger partial charge in [-0.3, -0.25) is 4.90 Å². The molecule has 0 radical (unpaired) electrons. The molecule has 0 aromatic rings. The average molecular weight is 210 g/mol. The van der Waals surface area contributed by atoms with Crippen LogP contribution in [0.15, 0.2) is 12.3 Å². The number of nitrogens with zero attached hydrogens (tertiary/aromatic N) is 2. The van der Waals surface area contributed by atoms with Gasteiger partial charge in [0, 0.05) is 31.9 Å². The van der Waals surface area contributed by atoms with E-state index in [1.54, 1.807) is 0 Å². The average Bonchev–Trinajstić information content (AvgIpc) is 2.14. The van der Waals surface area contributed by atoms with Crippen LogP contribution in [0.25, 0.3) is 0 Å². The molecule has 1 aliphatic heterocycles. The highest BCUT2D eigenvalue weighted by Gasteiger charge is 2.18. The van der Waals surface area contributed by atoms with Crippen molar-refractivity contribution in [3.05, 3.63) is 12.3 Å². The van der Waals surface area contributed by atoms with Crippen molar-refractivity contribution < 1.29 is 0 Å². The molecule has 88 valence electrons. The predicted octanol–water partition coefficient (Wildman–Crippen LogP) is 2.57. The first-order valence-electron chi connectivity index (χ1n) is 6.01. The summed E-state index contributed by atoms with van der Waals surface area (Å²) in [7, 11) is 0. The molecular formula is C13H26N2. The van der Waals surface area contributed by atoms with E-state index >= 15 is 0 Å². The molecule has 1 saturated heterocycles. The van der Waals surface area contributed by atoms with E-state index in [0.29, 0.717) is 5.41 Å². The van der Waals surface area contributed by atoms with Crippen molar-refractivity contribution in [2.75, 3.05) is 32.7 Å². The summed E-state index contributed by atoms with van der Waals surface area (Å²) < 4.78 is 0. The first-order chi connectivity index (χ1) is 6.88. The molecule has 2 heteroatoms. The van der Waals surface area contributed by atoms with Crippen LogP contribution in [0.2, 0.25) is 0 Å². The lowest BCUT2D eigenvalue weighted by molar-refractivity contribution is 0.144. The topological polar surface area (TPSA) is 6.48 Å². The van der Waals surface area contributed by atoms with Crippen molar-refractivity contribution in [3.63, 3.8) is 0 Å². The molecule has 0 saturated carbocycles. The molecule has 0 aromatic heterocycles. The Morgan fingerprint density at radius 2 is 1.67 bits per heavy atom. The Balaban J connectivity index is 2.23. The SMILES string of the molecule is C=C(C)N1CCN(CCC(C)(C)C)CC1. The van der Waals surface area contributed by atoms with Crippen molar-refractivity contribution in [2.24, 2.45) is 5.41 Å². The fourth-order valence-corrected chi connectivity index (χ4v) is 1.85. The summed E-state index contributed by atoms with van der Waals surface area (Å²) in [4.78, 5) is 4.96. The molecule has 1 rings (SSSR count). The summed E-state index contributed by atoms with van der Waals surface area (Å²) >= 11 is 0. The summed E-state index contributed by atoms with van der Waals surface area (Å²) in [6.45, 7) is 19.0. The van der Waals surface area contributed by atoms with Gasteiger partial charge in [-0.15, -0.1) is 0 Å².